The number of rotatable bonds is 8. The fourth-order valence-electron chi connectivity index (χ4n) is 3.70. The third-order valence-corrected chi connectivity index (χ3v) is 5.19. The van der Waals surface area contributed by atoms with Crippen LogP contribution < -0.4 is 4.74 Å². The van der Waals surface area contributed by atoms with Gasteiger partial charge in [-0.05, 0) is 37.0 Å². The first-order valence-corrected chi connectivity index (χ1v) is 8.85. The summed E-state index contributed by atoms with van der Waals surface area (Å²) in [6, 6.07) is 7.40. The van der Waals surface area contributed by atoms with Crippen molar-refractivity contribution in [1.82, 2.24) is 0 Å². The van der Waals surface area contributed by atoms with Crippen molar-refractivity contribution in [3.8, 4) is 5.75 Å². The van der Waals surface area contributed by atoms with E-state index in [0.29, 0.717) is 19.1 Å². The standard InChI is InChI=1S/C20H26O7/c1-24-16-7-4-14(5-8-16)13-27-17-9-6-15(18(22)25-2)12-20(17,10-11-21)19(23)26-3/h4-5,7-8,11,15,17H,6,9-10,12-13H2,1-3H3. The number of hydrogen-bond donors (Lipinski definition) is 0. The highest BCUT2D eigenvalue weighted by Gasteiger charge is 2.52. The third-order valence-electron chi connectivity index (χ3n) is 5.19. The van der Waals surface area contributed by atoms with Crippen molar-refractivity contribution >= 4 is 18.2 Å². The lowest BCUT2D eigenvalue weighted by molar-refractivity contribution is -0.177. The van der Waals surface area contributed by atoms with Gasteiger partial charge in [-0.1, -0.05) is 12.1 Å². The van der Waals surface area contributed by atoms with Gasteiger partial charge >= 0.3 is 11.9 Å². The summed E-state index contributed by atoms with van der Waals surface area (Å²) in [6.45, 7) is 0.273. The number of aldehydes is 1. The number of benzene rings is 1. The van der Waals surface area contributed by atoms with Gasteiger partial charge in [0, 0.05) is 6.42 Å². The van der Waals surface area contributed by atoms with Gasteiger partial charge in [0.25, 0.3) is 0 Å². The Balaban J connectivity index is 2.20. The van der Waals surface area contributed by atoms with E-state index in [1.807, 2.05) is 24.3 Å². The number of esters is 2. The van der Waals surface area contributed by atoms with Crippen LogP contribution in [0.15, 0.2) is 24.3 Å². The molecule has 0 saturated heterocycles. The summed E-state index contributed by atoms with van der Waals surface area (Å²) in [6.07, 6.45) is 1.23. The normalized spacial score (nSPS) is 24.7. The Bertz CT molecular complexity index is 655. The van der Waals surface area contributed by atoms with Gasteiger partial charge in [-0.3, -0.25) is 9.59 Å². The summed E-state index contributed by atoms with van der Waals surface area (Å²) in [7, 11) is 4.18. The van der Waals surface area contributed by atoms with Crippen LogP contribution in [0.4, 0.5) is 0 Å². The number of methoxy groups -OCH3 is 3. The Hall–Kier alpha value is -2.41. The molecule has 27 heavy (non-hydrogen) atoms. The molecule has 7 heteroatoms. The second kappa shape index (κ2) is 9.50. The van der Waals surface area contributed by atoms with Crippen molar-refractivity contribution in [2.75, 3.05) is 21.3 Å². The minimum Gasteiger partial charge on any atom is -0.497 e. The summed E-state index contributed by atoms with van der Waals surface area (Å²) in [5, 5.41) is 0. The largest absolute Gasteiger partial charge is 0.497 e. The highest BCUT2D eigenvalue weighted by molar-refractivity contribution is 5.82. The minimum absolute atomic E-state index is 0.0690. The number of carbonyl (C=O) groups is 3. The Morgan fingerprint density at radius 2 is 1.81 bits per heavy atom. The molecule has 0 heterocycles. The van der Waals surface area contributed by atoms with Crippen molar-refractivity contribution in [2.24, 2.45) is 11.3 Å². The van der Waals surface area contributed by atoms with Crippen LogP contribution in [0.2, 0.25) is 0 Å². The molecular formula is C20H26O7. The minimum atomic E-state index is -1.19. The Morgan fingerprint density at radius 3 is 2.37 bits per heavy atom. The molecule has 0 N–H and O–H groups in total. The maximum absolute atomic E-state index is 12.6. The van der Waals surface area contributed by atoms with Gasteiger partial charge in [-0.2, -0.15) is 0 Å². The van der Waals surface area contributed by atoms with E-state index in [2.05, 4.69) is 0 Å². The van der Waals surface area contributed by atoms with E-state index < -0.39 is 23.4 Å². The fraction of sp³-hybridized carbons (Fsp3) is 0.550. The molecule has 7 nitrogen and oxygen atoms in total. The molecule has 0 aromatic heterocycles. The van der Waals surface area contributed by atoms with E-state index in [9.17, 15) is 14.4 Å². The predicted molar refractivity (Wildman–Crippen MR) is 96.1 cm³/mol. The topological polar surface area (TPSA) is 88.1 Å². The predicted octanol–water partition coefficient (Wildman–Crippen LogP) is 2.30. The molecule has 1 aliphatic carbocycles. The molecule has 1 fully saturated rings. The lowest BCUT2D eigenvalue weighted by Crippen LogP contribution is -2.50. The molecule has 1 aromatic carbocycles. The first kappa shape index (κ1) is 20.9. The molecule has 0 amide bonds. The molecule has 1 aromatic rings. The molecule has 3 unspecified atom stereocenters. The van der Waals surface area contributed by atoms with Gasteiger partial charge in [-0.25, -0.2) is 0 Å². The molecule has 148 valence electrons. The molecule has 2 rings (SSSR count). The quantitative estimate of drug-likeness (QED) is 0.506. The van der Waals surface area contributed by atoms with Gasteiger partial charge in [0.15, 0.2) is 0 Å². The number of hydrogen-bond acceptors (Lipinski definition) is 7. The van der Waals surface area contributed by atoms with Gasteiger partial charge in [0.2, 0.25) is 0 Å². The molecule has 1 aliphatic rings. The Kier molecular flexibility index (Phi) is 7.36. The van der Waals surface area contributed by atoms with Crippen LogP contribution >= 0.6 is 0 Å². The lowest BCUT2D eigenvalue weighted by Gasteiger charge is -2.42. The Morgan fingerprint density at radius 1 is 1.11 bits per heavy atom. The fourth-order valence-corrected chi connectivity index (χ4v) is 3.70. The zero-order chi connectivity index (χ0) is 19.9. The van der Waals surface area contributed by atoms with Crippen molar-refractivity contribution in [3.63, 3.8) is 0 Å². The zero-order valence-corrected chi connectivity index (χ0v) is 15.9. The maximum Gasteiger partial charge on any atom is 0.314 e. The maximum atomic E-state index is 12.6. The number of carbonyl (C=O) groups excluding carboxylic acids is 3. The zero-order valence-electron chi connectivity index (χ0n) is 15.9. The molecule has 0 spiro atoms. The summed E-state index contributed by atoms with van der Waals surface area (Å²) >= 11 is 0. The van der Waals surface area contributed by atoms with E-state index in [1.54, 1.807) is 7.11 Å². The molecule has 0 bridgehead atoms. The monoisotopic (exact) mass is 378 g/mol. The second-order valence-corrected chi connectivity index (χ2v) is 6.67. The molecular weight excluding hydrogens is 352 g/mol. The first-order chi connectivity index (χ1) is 13.0. The molecule has 3 atom stereocenters. The van der Waals surface area contributed by atoms with E-state index in [-0.39, 0.29) is 25.4 Å². The van der Waals surface area contributed by atoms with Gasteiger partial charge in [0.1, 0.15) is 17.5 Å². The van der Waals surface area contributed by atoms with Crippen LogP contribution in [0.3, 0.4) is 0 Å². The van der Waals surface area contributed by atoms with Crippen LogP contribution in [0.25, 0.3) is 0 Å². The van der Waals surface area contributed by atoms with E-state index in [1.165, 1.54) is 14.2 Å². The number of ether oxygens (including phenoxy) is 4. The van der Waals surface area contributed by atoms with E-state index in [0.717, 1.165) is 11.3 Å². The molecule has 0 radical (unpaired) electrons. The SMILES string of the molecule is COC(=O)C1CCC(OCc2ccc(OC)cc2)C(CC=O)(C(=O)OC)C1. The average molecular weight is 378 g/mol. The lowest BCUT2D eigenvalue weighted by atomic mass is 9.66. The van der Waals surface area contributed by atoms with Crippen molar-refractivity contribution in [3.05, 3.63) is 29.8 Å². The van der Waals surface area contributed by atoms with Crippen molar-refractivity contribution < 1.29 is 33.3 Å². The smallest absolute Gasteiger partial charge is 0.314 e. The summed E-state index contributed by atoms with van der Waals surface area (Å²) in [5.74, 6) is -0.650. The first-order valence-electron chi connectivity index (χ1n) is 8.85. The van der Waals surface area contributed by atoms with Crippen molar-refractivity contribution in [2.45, 2.75) is 38.4 Å². The van der Waals surface area contributed by atoms with E-state index >= 15 is 0 Å². The molecule has 0 aliphatic heterocycles. The summed E-state index contributed by atoms with van der Waals surface area (Å²) < 4.78 is 21.0. The Labute approximate surface area is 158 Å². The van der Waals surface area contributed by atoms with Crippen LogP contribution in [0.5, 0.6) is 5.75 Å². The van der Waals surface area contributed by atoms with Crippen LogP contribution in [-0.2, 0) is 35.2 Å². The highest BCUT2D eigenvalue weighted by atomic mass is 16.5. The van der Waals surface area contributed by atoms with Crippen LogP contribution in [-0.4, -0.2) is 45.7 Å². The van der Waals surface area contributed by atoms with Crippen LogP contribution in [0, 0.1) is 11.3 Å². The summed E-state index contributed by atoms with van der Waals surface area (Å²) in [4.78, 5) is 36.0. The van der Waals surface area contributed by atoms with Gasteiger partial charge in [0.05, 0.1) is 40.0 Å². The van der Waals surface area contributed by atoms with Gasteiger partial charge < -0.3 is 23.7 Å². The third kappa shape index (κ3) is 4.66. The highest BCUT2D eigenvalue weighted by Crippen LogP contribution is 2.45. The van der Waals surface area contributed by atoms with Crippen molar-refractivity contribution in [1.29, 1.82) is 0 Å². The molecule has 1 saturated carbocycles. The second-order valence-electron chi connectivity index (χ2n) is 6.67. The summed E-state index contributed by atoms with van der Waals surface area (Å²) in [5.41, 5.74) is -0.282. The van der Waals surface area contributed by atoms with Gasteiger partial charge in [-0.15, -0.1) is 0 Å². The average Bonchev–Trinajstić information content (AvgIpc) is 2.71. The van der Waals surface area contributed by atoms with E-state index in [4.69, 9.17) is 18.9 Å². The van der Waals surface area contributed by atoms with Crippen LogP contribution in [0.1, 0.15) is 31.2 Å².